The molecule has 2 N–H and O–H groups in total. The number of amides is 3. The van der Waals surface area contributed by atoms with Gasteiger partial charge in [0.05, 0.1) is 24.2 Å². The monoisotopic (exact) mass is 444 g/mol. The van der Waals surface area contributed by atoms with Crippen molar-refractivity contribution >= 4 is 40.3 Å². The van der Waals surface area contributed by atoms with Crippen molar-refractivity contribution in [2.24, 2.45) is 0 Å². The molecule has 0 unspecified atom stereocenters. The lowest BCUT2D eigenvalue weighted by atomic mass is 10.1. The summed E-state index contributed by atoms with van der Waals surface area (Å²) in [6.45, 7) is 5.96. The van der Waals surface area contributed by atoms with Crippen LogP contribution in [0.3, 0.4) is 0 Å². The Kier molecular flexibility index (Phi) is 7.30. The summed E-state index contributed by atoms with van der Waals surface area (Å²) < 4.78 is 6.78. The lowest BCUT2D eigenvalue weighted by Gasteiger charge is -2.18. The Morgan fingerprint density at radius 1 is 1.16 bits per heavy atom. The second kappa shape index (κ2) is 10.1. The number of anilines is 1. The van der Waals surface area contributed by atoms with Crippen molar-refractivity contribution in [3.8, 4) is 5.75 Å². The van der Waals surface area contributed by atoms with Gasteiger partial charge in [0.2, 0.25) is 0 Å². The first kappa shape index (κ1) is 22.4. The average Bonchev–Trinajstić information content (AvgIpc) is 3.17. The predicted molar refractivity (Wildman–Crippen MR) is 120 cm³/mol. The average molecular weight is 445 g/mol. The van der Waals surface area contributed by atoms with Crippen LogP contribution >= 0.6 is 11.6 Å². The molecule has 0 saturated heterocycles. The smallest absolute Gasteiger partial charge is 0.319 e. The molecule has 3 rings (SSSR count). The molecular weight excluding hydrogens is 420 g/mol. The maximum atomic E-state index is 12.5. The van der Waals surface area contributed by atoms with Crippen LogP contribution in [-0.4, -0.2) is 58.6 Å². The minimum atomic E-state index is -0.363. The summed E-state index contributed by atoms with van der Waals surface area (Å²) in [5.74, 6) is 0.506. The van der Waals surface area contributed by atoms with E-state index in [0.29, 0.717) is 53.7 Å². The van der Waals surface area contributed by atoms with E-state index in [9.17, 15) is 9.59 Å². The number of carbonyl (C=O) groups is 2. The van der Waals surface area contributed by atoms with Gasteiger partial charge in [-0.15, -0.1) is 5.10 Å². The molecule has 164 valence electrons. The zero-order valence-corrected chi connectivity index (χ0v) is 18.4. The first-order valence-electron chi connectivity index (χ1n) is 9.97. The van der Waals surface area contributed by atoms with Crippen molar-refractivity contribution in [3.05, 3.63) is 47.0 Å². The summed E-state index contributed by atoms with van der Waals surface area (Å²) >= 11 is 6.07. The summed E-state index contributed by atoms with van der Waals surface area (Å²) in [6.07, 6.45) is 0. The molecule has 2 aromatic carbocycles. The number of ether oxygens (including phenoxy) is 1. The molecular formula is C21H25ClN6O3. The van der Waals surface area contributed by atoms with Crippen molar-refractivity contribution in [2.75, 3.05) is 32.1 Å². The molecule has 0 aliphatic rings. The Morgan fingerprint density at radius 2 is 1.94 bits per heavy atom. The molecule has 0 radical (unpaired) electrons. The largest absolute Gasteiger partial charge is 0.495 e. The predicted octanol–water partition coefficient (Wildman–Crippen LogP) is 3.40. The van der Waals surface area contributed by atoms with E-state index in [2.05, 4.69) is 20.9 Å². The number of fused-ring (bicyclic) bond motifs is 1. The lowest BCUT2D eigenvalue weighted by Crippen LogP contribution is -2.31. The lowest BCUT2D eigenvalue weighted by molar-refractivity contribution is 0.0773. The van der Waals surface area contributed by atoms with Crippen molar-refractivity contribution in [3.63, 3.8) is 0 Å². The summed E-state index contributed by atoms with van der Waals surface area (Å²) in [5.41, 5.74) is 2.56. The van der Waals surface area contributed by atoms with Gasteiger partial charge in [0.15, 0.2) is 0 Å². The van der Waals surface area contributed by atoms with Crippen molar-refractivity contribution in [2.45, 2.75) is 20.4 Å². The van der Waals surface area contributed by atoms with Crippen LogP contribution in [0.15, 0.2) is 36.4 Å². The maximum absolute atomic E-state index is 12.5. The number of aromatic nitrogens is 3. The van der Waals surface area contributed by atoms with Crippen molar-refractivity contribution < 1.29 is 14.3 Å². The zero-order chi connectivity index (χ0) is 22.4. The van der Waals surface area contributed by atoms with Crippen LogP contribution in [0.4, 0.5) is 10.5 Å². The second-order valence-electron chi connectivity index (χ2n) is 6.72. The van der Waals surface area contributed by atoms with Crippen LogP contribution in [0.2, 0.25) is 5.02 Å². The van der Waals surface area contributed by atoms with Crippen molar-refractivity contribution in [1.82, 2.24) is 25.2 Å². The second-order valence-corrected chi connectivity index (χ2v) is 7.13. The number of hydrogen-bond donors (Lipinski definition) is 2. The Balaban J connectivity index is 1.58. The van der Waals surface area contributed by atoms with Crippen LogP contribution in [0, 0.1) is 0 Å². The molecule has 1 heterocycles. The van der Waals surface area contributed by atoms with E-state index in [1.165, 1.54) is 7.11 Å². The van der Waals surface area contributed by atoms with Crippen LogP contribution in [-0.2, 0) is 6.54 Å². The fraction of sp³-hybridized carbons (Fsp3) is 0.333. The first-order valence-corrected chi connectivity index (χ1v) is 10.4. The number of rotatable bonds is 8. The number of halogens is 1. The number of nitrogens with zero attached hydrogens (tertiary/aromatic N) is 4. The Bertz CT molecular complexity index is 1080. The van der Waals surface area contributed by atoms with Crippen LogP contribution in [0.25, 0.3) is 11.0 Å². The molecule has 9 nitrogen and oxygen atoms in total. The quantitative estimate of drug-likeness (QED) is 0.554. The highest BCUT2D eigenvalue weighted by Gasteiger charge is 2.15. The van der Waals surface area contributed by atoms with E-state index in [1.54, 1.807) is 39.9 Å². The third-order valence-corrected chi connectivity index (χ3v) is 5.13. The third kappa shape index (κ3) is 5.24. The standard InChI is InChI=1S/C21H25ClN6O3/c1-4-27(5-2)20(29)14-6-8-18-17(12-14)25-26-28(18)11-10-23-21(30)24-15-7-9-19(31-3)16(22)13-15/h6-9,12-13H,4-5,10-11H2,1-3H3,(H2,23,24,30). The van der Waals surface area contributed by atoms with Gasteiger partial charge in [0, 0.05) is 30.9 Å². The fourth-order valence-electron chi connectivity index (χ4n) is 3.16. The molecule has 3 aromatic rings. The molecule has 1 aromatic heterocycles. The first-order chi connectivity index (χ1) is 15.0. The number of urea groups is 1. The van der Waals surface area contributed by atoms with E-state index in [-0.39, 0.29) is 11.9 Å². The molecule has 0 spiro atoms. The topological polar surface area (TPSA) is 101 Å². The maximum Gasteiger partial charge on any atom is 0.319 e. The van der Waals surface area contributed by atoms with Gasteiger partial charge in [-0.05, 0) is 50.2 Å². The minimum absolute atomic E-state index is 0.0292. The van der Waals surface area contributed by atoms with E-state index >= 15 is 0 Å². The van der Waals surface area contributed by atoms with E-state index < -0.39 is 0 Å². The number of nitrogens with one attached hydrogen (secondary N) is 2. The van der Waals surface area contributed by atoms with Crippen LogP contribution in [0.5, 0.6) is 5.75 Å². The van der Waals surface area contributed by atoms with E-state index in [0.717, 1.165) is 5.52 Å². The summed E-state index contributed by atoms with van der Waals surface area (Å²) in [5, 5.41) is 14.2. The minimum Gasteiger partial charge on any atom is -0.495 e. The van der Waals surface area contributed by atoms with Gasteiger partial charge in [0.1, 0.15) is 11.3 Å². The molecule has 0 atom stereocenters. The molecule has 3 amide bonds. The normalized spacial score (nSPS) is 10.7. The molecule has 0 aliphatic carbocycles. The number of methoxy groups -OCH3 is 1. The van der Waals surface area contributed by atoms with Crippen molar-refractivity contribution in [1.29, 1.82) is 0 Å². The number of hydrogen-bond acceptors (Lipinski definition) is 5. The Hall–Kier alpha value is -3.33. The highest BCUT2D eigenvalue weighted by atomic mass is 35.5. The molecule has 0 fully saturated rings. The summed E-state index contributed by atoms with van der Waals surface area (Å²) in [7, 11) is 1.53. The SMILES string of the molecule is CCN(CC)C(=O)c1ccc2c(c1)nnn2CCNC(=O)Nc1ccc(OC)c(Cl)c1. The number of carbonyl (C=O) groups excluding carboxylic acids is 2. The van der Waals surface area contributed by atoms with E-state index in [4.69, 9.17) is 16.3 Å². The van der Waals surface area contributed by atoms with Crippen LogP contribution in [0.1, 0.15) is 24.2 Å². The Morgan fingerprint density at radius 3 is 2.61 bits per heavy atom. The third-order valence-electron chi connectivity index (χ3n) is 4.83. The van der Waals surface area contributed by atoms with Gasteiger partial charge in [0.25, 0.3) is 5.91 Å². The van der Waals surface area contributed by atoms with Gasteiger partial charge in [-0.25, -0.2) is 9.48 Å². The molecule has 0 aliphatic heterocycles. The summed E-state index contributed by atoms with van der Waals surface area (Å²) in [4.78, 5) is 26.4. The van der Waals surface area contributed by atoms with Gasteiger partial charge in [-0.2, -0.15) is 0 Å². The van der Waals surface area contributed by atoms with Crippen LogP contribution < -0.4 is 15.4 Å². The fourth-order valence-corrected chi connectivity index (χ4v) is 3.42. The molecule has 10 heteroatoms. The Labute approximate surface area is 185 Å². The van der Waals surface area contributed by atoms with Gasteiger partial charge >= 0.3 is 6.03 Å². The highest BCUT2D eigenvalue weighted by Crippen LogP contribution is 2.27. The van der Waals surface area contributed by atoms with E-state index in [1.807, 2.05) is 19.9 Å². The number of benzene rings is 2. The zero-order valence-electron chi connectivity index (χ0n) is 17.7. The van der Waals surface area contributed by atoms with Gasteiger partial charge < -0.3 is 20.3 Å². The molecule has 0 bridgehead atoms. The highest BCUT2D eigenvalue weighted by molar-refractivity contribution is 6.32. The molecule has 31 heavy (non-hydrogen) atoms. The van der Waals surface area contributed by atoms with Gasteiger partial charge in [-0.1, -0.05) is 16.8 Å². The van der Waals surface area contributed by atoms with Gasteiger partial charge in [-0.3, -0.25) is 4.79 Å². The summed E-state index contributed by atoms with van der Waals surface area (Å²) in [6, 6.07) is 9.97. The molecule has 0 saturated carbocycles.